The zero-order valence-corrected chi connectivity index (χ0v) is 10.0. The summed E-state index contributed by atoms with van der Waals surface area (Å²) in [4.78, 5) is 10.9. The van der Waals surface area contributed by atoms with Gasteiger partial charge < -0.3 is 10.5 Å². The summed E-state index contributed by atoms with van der Waals surface area (Å²) in [6.45, 7) is 3.01. The SMILES string of the molecule is CCOC(=O)NS(=O)(=O)N(CC)CC(=N)N. The van der Waals surface area contributed by atoms with Crippen LogP contribution in [0.25, 0.3) is 0 Å². The first-order valence-electron chi connectivity index (χ1n) is 4.61. The van der Waals surface area contributed by atoms with Crippen LogP contribution in [0, 0.1) is 5.41 Å². The van der Waals surface area contributed by atoms with E-state index in [-0.39, 0.29) is 25.5 Å². The van der Waals surface area contributed by atoms with Crippen molar-refractivity contribution in [1.82, 2.24) is 9.03 Å². The van der Waals surface area contributed by atoms with Gasteiger partial charge in [-0.25, -0.2) is 9.52 Å². The molecule has 16 heavy (non-hydrogen) atoms. The molecule has 0 spiro atoms. The van der Waals surface area contributed by atoms with Crippen molar-refractivity contribution in [3.8, 4) is 0 Å². The summed E-state index contributed by atoms with van der Waals surface area (Å²) < 4.78 is 30.1. The van der Waals surface area contributed by atoms with E-state index in [1.165, 1.54) is 0 Å². The van der Waals surface area contributed by atoms with Crippen molar-refractivity contribution < 1.29 is 17.9 Å². The molecule has 0 aromatic heterocycles. The number of nitrogens with two attached hydrogens (primary N) is 1. The first-order chi connectivity index (χ1) is 7.33. The fourth-order valence-corrected chi connectivity index (χ4v) is 1.93. The van der Waals surface area contributed by atoms with Crippen LogP contribution in [0.15, 0.2) is 0 Å². The Morgan fingerprint density at radius 3 is 2.44 bits per heavy atom. The summed E-state index contributed by atoms with van der Waals surface area (Å²) in [6, 6.07) is 0. The lowest BCUT2D eigenvalue weighted by Crippen LogP contribution is -2.46. The molecule has 0 bridgehead atoms. The lowest BCUT2D eigenvalue weighted by Gasteiger charge is -2.19. The molecule has 1 amide bonds. The second-order valence-corrected chi connectivity index (χ2v) is 4.45. The van der Waals surface area contributed by atoms with Crippen molar-refractivity contribution in [3.63, 3.8) is 0 Å². The van der Waals surface area contributed by atoms with Gasteiger partial charge in [0.2, 0.25) is 0 Å². The second kappa shape index (κ2) is 6.28. The molecule has 4 N–H and O–H groups in total. The topological polar surface area (TPSA) is 126 Å². The van der Waals surface area contributed by atoms with Crippen LogP contribution < -0.4 is 10.5 Å². The Morgan fingerprint density at radius 2 is 2.06 bits per heavy atom. The van der Waals surface area contributed by atoms with Gasteiger partial charge in [-0.05, 0) is 6.92 Å². The summed E-state index contributed by atoms with van der Waals surface area (Å²) in [5, 5.41) is 7.00. The van der Waals surface area contributed by atoms with E-state index in [1.54, 1.807) is 18.6 Å². The molecule has 0 fully saturated rings. The van der Waals surface area contributed by atoms with Gasteiger partial charge in [-0.2, -0.15) is 12.7 Å². The highest BCUT2D eigenvalue weighted by atomic mass is 32.2. The monoisotopic (exact) mass is 252 g/mol. The van der Waals surface area contributed by atoms with Crippen LogP contribution in [0.2, 0.25) is 0 Å². The van der Waals surface area contributed by atoms with Crippen molar-refractivity contribution in [1.29, 1.82) is 5.41 Å². The van der Waals surface area contributed by atoms with E-state index < -0.39 is 16.3 Å². The molecule has 8 nitrogen and oxygen atoms in total. The third kappa shape index (κ3) is 4.94. The Morgan fingerprint density at radius 1 is 1.50 bits per heavy atom. The number of hydrogen-bond acceptors (Lipinski definition) is 5. The van der Waals surface area contributed by atoms with Crippen molar-refractivity contribution >= 4 is 22.1 Å². The maximum Gasteiger partial charge on any atom is 0.421 e. The molecule has 0 unspecified atom stereocenters. The molecule has 0 heterocycles. The van der Waals surface area contributed by atoms with Gasteiger partial charge in [0.1, 0.15) is 5.84 Å². The van der Waals surface area contributed by atoms with E-state index in [0.29, 0.717) is 0 Å². The van der Waals surface area contributed by atoms with Gasteiger partial charge in [-0.3, -0.25) is 5.41 Å². The fourth-order valence-electron chi connectivity index (χ4n) is 0.887. The van der Waals surface area contributed by atoms with Gasteiger partial charge in [0, 0.05) is 6.54 Å². The first-order valence-corrected chi connectivity index (χ1v) is 6.05. The van der Waals surface area contributed by atoms with Gasteiger partial charge in [0.05, 0.1) is 13.2 Å². The Hall–Kier alpha value is -1.35. The number of carbonyl (C=O) groups is 1. The number of nitrogens with one attached hydrogen (secondary N) is 2. The summed E-state index contributed by atoms with van der Waals surface area (Å²) in [5.41, 5.74) is 5.09. The molecule has 94 valence electrons. The molecule has 0 aliphatic heterocycles. The maximum atomic E-state index is 11.5. The van der Waals surface area contributed by atoms with Crippen molar-refractivity contribution in [2.75, 3.05) is 19.7 Å². The van der Waals surface area contributed by atoms with Gasteiger partial charge in [-0.15, -0.1) is 0 Å². The number of rotatable bonds is 6. The molecule has 0 aliphatic carbocycles. The van der Waals surface area contributed by atoms with Crippen molar-refractivity contribution in [2.24, 2.45) is 5.73 Å². The van der Waals surface area contributed by atoms with Crippen LogP contribution in [-0.2, 0) is 14.9 Å². The Bertz CT molecular complexity index is 353. The molecule has 0 saturated carbocycles. The van der Waals surface area contributed by atoms with Crippen LogP contribution in [0.1, 0.15) is 13.8 Å². The fraction of sp³-hybridized carbons (Fsp3) is 0.714. The number of likely N-dealkylation sites (N-methyl/N-ethyl adjacent to an activating group) is 1. The molecular formula is C7H16N4O4S. The summed E-state index contributed by atoms with van der Waals surface area (Å²) >= 11 is 0. The molecule has 0 atom stereocenters. The van der Waals surface area contributed by atoms with Gasteiger partial charge in [0.25, 0.3) is 0 Å². The van der Waals surface area contributed by atoms with Crippen LogP contribution in [0.3, 0.4) is 0 Å². The molecule has 0 aromatic carbocycles. The highest BCUT2D eigenvalue weighted by Gasteiger charge is 2.23. The predicted octanol–water partition coefficient (Wildman–Crippen LogP) is -0.765. The van der Waals surface area contributed by atoms with Crippen molar-refractivity contribution in [3.05, 3.63) is 0 Å². The summed E-state index contributed by atoms with van der Waals surface area (Å²) in [5.74, 6) is -0.309. The van der Waals surface area contributed by atoms with E-state index in [4.69, 9.17) is 11.1 Å². The van der Waals surface area contributed by atoms with Gasteiger partial charge >= 0.3 is 16.3 Å². The Balaban J connectivity index is 4.61. The predicted molar refractivity (Wildman–Crippen MR) is 58.2 cm³/mol. The molecule has 0 rings (SSSR count). The molecular weight excluding hydrogens is 236 g/mol. The standard InChI is InChI=1S/C7H16N4O4S/c1-3-11(5-6(8)9)16(13,14)10-7(12)15-4-2/h3-5H2,1-2H3,(H3,8,9)(H,10,12). The molecule has 0 aromatic rings. The quantitative estimate of drug-likeness (QED) is 0.423. The highest BCUT2D eigenvalue weighted by Crippen LogP contribution is 1.97. The summed E-state index contributed by atoms with van der Waals surface area (Å²) in [6.07, 6.45) is -1.05. The average Bonchev–Trinajstić information content (AvgIpc) is 2.12. The Labute approximate surface area is 94.4 Å². The minimum atomic E-state index is -4.00. The third-order valence-corrected chi connectivity index (χ3v) is 3.02. The minimum Gasteiger partial charge on any atom is -0.449 e. The second-order valence-electron chi connectivity index (χ2n) is 2.78. The number of ether oxygens (including phenoxy) is 1. The van der Waals surface area contributed by atoms with Crippen LogP contribution in [0.4, 0.5) is 4.79 Å². The molecule has 0 radical (unpaired) electrons. The number of amidine groups is 1. The maximum absolute atomic E-state index is 11.5. The highest BCUT2D eigenvalue weighted by molar-refractivity contribution is 7.87. The smallest absolute Gasteiger partial charge is 0.421 e. The number of carbonyl (C=O) groups excluding carboxylic acids is 1. The van der Waals surface area contributed by atoms with Crippen LogP contribution >= 0.6 is 0 Å². The first kappa shape index (κ1) is 14.6. The lowest BCUT2D eigenvalue weighted by molar-refractivity contribution is 0.158. The van der Waals surface area contributed by atoms with E-state index in [0.717, 1.165) is 4.31 Å². The number of nitrogens with zero attached hydrogens (tertiary/aromatic N) is 1. The lowest BCUT2D eigenvalue weighted by atomic mass is 10.6. The van der Waals surface area contributed by atoms with Crippen LogP contribution in [0.5, 0.6) is 0 Å². The molecule has 0 aliphatic rings. The van der Waals surface area contributed by atoms with E-state index in [2.05, 4.69) is 4.74 Å². The molecule has 9 heteroatoms. The normalized spacial score (nSPS) is 11.2. The molecule has 0 saturated heterocycles. The number of hydrogen-bond donors (Lipinski definition) is 3. The Kier molecular flexibility index (Phi) is 5.75. The van der Waals surface area contributed by atoms with Gasteiger partial charge in [-0.1, -0.05) is 6.92 Å². The third-order valence-electron chi connectivity index (χ3n) is 1.53. The largest absolute Gasteiger partial charge is 0.449 e. The average molecular weight is 252 g/mol. The van der Waals surface area contributed by atoms with E-state index in [9.17, 15) is 13.2 Å². The van der Waals surface area contributed by atoms with E-state index in [1.807, 2.05) is 0 Å². The zero-order chi connectivity index (χ0) is 12.8. The van der Waals surface area contributed by atoms with Crippen LogP contribution in [-0.4, -0.2) is 44.3 Å². The van der Waals surface area contributed by atoms with Gasteiger partial charge in [0.15, 0.2) is 0 Å². The van der Waals surface area contributed by atoms with Crippen molar-refractivity contribution in [2.45, 2.75) is 13.8 Å². The summed E-state index contributed by atoms with van der Waals surface area (Å²) in [7, 11) is -4.00. The number of amides is 1. The minimum absolute atomic E-state index is 0.0696. The van der Waals surface area contributed by atoms with E-state index >= 15 is 0 Å². The zero-order valence-electron chi connectivity index (χ0n) is 9.19.